The van der Waals surface area contributed by atoms with Crippen molar-refractivity contribution in [3.8, 4) is 0 Å². The quantitative estimate of drug-likeness (QED) is 0.771. The number of hydrogen-bond acceptors (Lipinski definition) is 5. The van der Waals surface area contributed by atoms with E-state index in [-0.39, 0.29) is 0 Å². The van der Waals surface area contributed by atoms with Gasteiger partial charge in [-0.25, -0.2) is 9.97 Å². The summed E-state index contributed by atoms with van der Waals surface area (Å²) in [7, 11) is 0. The maximum absolute atomic E-state index is 4.62. The molecule has 1 aromatic rings. The van der Waals surface area contributed by atoms with Gasteiger partial charge in [0.15, 0.2) is 0 Å². The van der Waals surface area contributed by atoms with Crippen LogP contribution >= 0.6 is 0 Å². The van der Waals surface area contributed by atoms with Crippen LogP contribution in [0.25, 0.3) is 0 Å². The molecular formula is C16H29N5. The first kappa shape index (κ1) is 16.0. The summed E-state index contributed by atoms with van der Waals surface area (Å²) in [6.45, 7) is 11.9. The van der Waals surface area contributed by atoms with Crippen LogP contribution in [0.4, 0.5) is 11.6 Å². The maximum Gasteiger partial charge on any atom is 0.135 e. The number of rotatable bonds is 8. The number of nitrogens with one attached hydrogen (secondary N) is 2. The highest BCUT2D eigenvalue weighted by atomic mass is 15.2. The van der Waals surface area contributed by atoms with E-state index in [1.165, 1.54) is 25.9 Å². The Morgan fingerprint density at radius 1 is 1.10 bits per heavy atom. The molecule has 0 radical (unpaired) electrons. The fourth-order valence-corrected chi connectivity index (χ4v) is 2.51. The number of nitrogens with zero attached hydrogens (tertiary/aromatic N) is 3. The average Bonchev–Trinajstić information content (AvgIpc) is 2.98. The molecule has 1 aliphatic heterocycles. The van der Waals surface area contributed by atoms with Gasteiger partial charge in [0.25, 0.3) is 0 Å². The number of likely N-dealkylation sites (tertiary alicyclic amines) is 1. The van der Waals surface area contributed by atoms with E-state index in [0.29, 0.717) is 5.92 Å². The Kier molecular flexibility index (Phi) is 6.23. The van der Waals surface area contributed by atoms with E-state index in [4.69, 9.17) is 0 Å². The molecule has 0 amide bonds. The lowest BCUT2D eigenvalue weighted by molar-refractivity contribution is 0.352. The smallest absolute Gasteiger partial charge is 0.135 e. The molecule has 2 N–H and O–H groups in total. The lowest BCUT2D eigenvalue weighted by Crippen LogP contribution is -2.26. The van der Waals surface area contributed by atoms with Crippen molar-refractivity contribution in [1.29, 1.82) is 0 Å². The molecule has 0 saturated carbocycles. The molecule has 21 heavy (non-hydrogen) atoms. The summed E-state index contributed by atoms with van der Waals surface area (Å²) in [5.41, 5.74) is 0. The second kappa shape index (κ2) is 8.17. The molecule has 118 valence electrons. The second-order valence-corrected chi connectivity index (χ2v) is 6.05. The van der Waals surface area contributed by atoms with Crippen LogP contribution in [0.2, 0.25) is 0 Å². The molecule has 2 rings (SSSR count). The van der Waals surface area contributed by atoms with Crippen LogP contribution in [-0.4, -0.2) is 47.6 Å². The fraction of sp³-hybridized carbons (Fsp3) is 0.750. The van der Waals surface area contributed by atoms with Crippen molar-refractivity contribution < 1.29 is 0 Å². The van der Waals surface area contributed by atoms with Gasteiger partial charge in [-0.1, -0.05) is 20.8 Å². The van der Waals surface area contributed by atoms with Crippen LogP contribution in [0.3, 0.4) is 0 Å². The summed E-state index contributed by atoms with van der Waals surface area (Å²) in [6.07, 6.45) is 3.78. The van der Waals surface area contributed by atoms with Crippen LogP contribution in [0.5, 0.6) is 0 Å². The molecule has 1 fully saturated rings. The van der Waals surface area contributed by atoms with Crippen LogP contribution in [0.1, 0.15) is 51.8 Å². The molecule has 0 aliphatic carbocycles. The highest BCUT2D eigenvalue weighted by Crippen LogP contribution is 2.17. The zero-order valence-electron chi connectivity index (χ0n) is 13.7. The Hall–Kier alpha value is -1.36. The van der Waals surface area contributed by atoms with Crippen molar-refractivity contribution in [1.82, 2.24) is 14.9 Å². The Morgan fingerprint density at radius 2 is 1.71 bits per heavy atom. The zero-order valence-corrected chi connectivity index (χ0v) is 13.7. The second-order valence-electron chi connectivity index (χ2n) is 6.05. The summed E-state index contributed by atoms with van der Waals surface area (Å²) >= 11 is 0. The summed E-state index contributed by atoms with van der Waals surface area (Å²) in [5, 5.41) is 6.81. The summed E-state index contributed by atoms with van der Waals surface area (Å²) in [6, 6.07) is 2.02. The van der Waals surface area contributed by atoms with E-state index in [1.807, 2.05) is 6.07 Å². The van der Waals surface area contributed by atoms with Gasteiger partial charge in [-0.15, -0.1) is 0 Å². The minimum Gasteiger partial charge on any atom is -0.370 e. The lowest BCUT2D eigenvalue weighted by atomic mass is 10.2. The third kappa shape index (κ3) is 5.16. The first-order valence-electron chi connectivity index (χ1n) is 8.28. The normalized spacial score (nSPS) is 15.6. The summed E-state index contributed by atoms with van der Waals surface area (Å²) in [5.74, 6) is 3.11. The molecule has 2 heterocycles. The molecule has 1 aliphatic rings. The molecule has 5 heteroatoms. The van der Waals surface area contributed by atoms with Crippen LogP contribution in [0, 0.1) is 0 Å². The van der Waals surface area contributed by atoms with Crippen molar-refractivity contribution in [2.45, 2.75) is 46.0 Å². The molecule has 0 spiro atoms. The van der Waals surface area contributed by atoms with Crippen molar-refractivity contribution >= 4 is 11.6 Å². The molecule has 0 unspecified atom stereocenters. The Morgan fingerprint density at radius 3 is 2.29 bits per heavy atom. The monoisotopic (exact) mass is 291 g/mol. The predicted octanol–water partition coefficient (Wildman–Crippen LogP) is 2.93. The van der Waals surface area contributed by atoms with Crippen molar-refractivity contribution in [2.75, 3.05) is 43.4 Å². The summed E-state index contributed by atoms with van der Waals surface area (Å²) < 4.78 is 0. The van der Waals surface area contributed by atoms with E-state index < -0.39 is 0 Å². The van der Waals surface area contributed by atoms with Gasteiger partial charge in [0.05, 0.1) is 0 Å². The van der Waals surface area contributed by atoms with Gasteiger partial charge in [-0.05, 0) is 32.4 Å². The van der Waals surface area contributed by atoms with Crippen molar-refractivity contribution in [3.05, 3.63) is 11.9 Å². The van der Waals surface area contributed by atoms with Gasteiger partial charge in [-0.2, -0.15) is 0 Å². The number of aromatic nitrogens is 2. The van der Waals surface area contributed by atoms with Gasteiger partial charge in [0.2, 0.25) is 0 Å². The number of anilines is 2. The molecule has 1 aromatic heterocycles. The fourth-order valence-electron chi connectivity index (χ4n) is 2.51. The third-order valence-corrected chi connectivity index (χ3v) is 3.75. The van der Waals surface area contributed by atoms with Crippen molar-refractivity contribution in [3.63, 3.8) is 0 Å². The summed E-state index contributed by atoms with van der Waals surface area (Å²) in [4.78, 5) is 11.7. The zero-order chi connectivity index (χ0) is 15.1. The minimum absolute atomic E-state index is 0.340. The van der Waals surface area contributed by atoms with Gasteiger partial charge in [0.1, 0.15) is 17.5 Å². The van der Waals surface area contributed by atoms with E-state index in [1.54, 1.807) is 0 Å². The van der Waals surface area contributed by atoms with E-state index in [9.17, 15) is 0 Å². The van der Waals surface area contributed by atoms with E-state index >= 15 is 0 Å². The average molecular weight is 291 g/mol. The van der Waals surface area contributed by atoms with Crippen LogP contribution < -0.4 is 10.6 Å². The molecule has 1 saturated heterocycles. The van der Waals surface area contributed by atoms with Gasteiger partial charge in [-0.3, -0.25) is 0 Å². The molecule has 0 atom stereocenters. The molecule has 0 aromatic carbocycles. The SMILES string of the molecule is CCCNc1cc(NCCN2CCCC2)nc(C(C)C)n1. The van der Waals surface area contributed by atoms with Gasteiger partial charge >= 0.3 is 0 Å². The minimum atomic E-state index is 0.340. The standard InChI is InChI=1S/C16H29N5/c1-4-7-17-14-12-15(20-16(19-14)13(2)3)18-8-11-21-9-5-6-10-21/h12-13H,4-11H2,1-3H3,(H2,17,18,19,20). The molecule has 5 nitrogen and oxygen atoms in total. The van der Waals surface area contributed by atoms with Crippen LogP contribution in [0.15, 0.2) is 6.07 Å². The van der Waals surface area contributed by atoms with Gasteiger partial charge in [0, 0.05) is 31.6 Å². The predicted molar refractivity (Wildman–Crippen MR) is 89.1 cm³/mol. The topological polar surface area (TPSA) is 53.1 Å². The Balaban J connectivity index is 1.93. The molecule has 0 bridgehead atoms. The maximum atomic E-state index is 4.62. The van der Waals surface area contributed by atoms with Gasteiger partial charge < -0.3 is 15.5 Å². The highest BCUT2D eigenvalue weighted by Gasteiger charge is 2.11. The van der Waals surface area contributed by atoms with E-state index in [0.717, 1.165) is 43.5 Å². The molecular weight excluding hydrogens is 262 g/mol. The first-order chi connectivity index (χ1) is 10.2. The first-order valence-corrected chi connectivity index (χ1v) is 8.28. The highest BCUT2D eigenvalue weighted by molar-refractivity contribution is 5.47. The largest absolute Gasteiger partial charge is 0.370 e. The van der Waals surface area contributed by atoms with E-state index in [2.05, 4.69) is 46.3 Å². The van der Waals surface area contributed by atoms with Crippen molar-refractivity contribution in [2.24, 2.45) is 0 Å². The van der Waals surface area contributed by atoms with Crippen LogP contribution in [-0.2, 0) is 0 Å². The Bertz CT molecular complexity index is 427. The third-order valence-electron chi connectivity index (χ3n) is 3.75. The lowest BCUT2D eigenvalue weighted by Gasteiger charge is -2.16. The number of hydrogen-bond donors (Lipinski definition) is 2. The Labute approximate surface area is 128 Å².